The van der Waals surface area contributed by atoms with Crippen molar-refractivity contribution < 1.29 is 8.42 Å². The first-order valence-electron chi connectivity index (χ1n) is 6.44. The molecule has 2 heterocycles. The van der Waals surface area contributed by atoms with Crippen LogP contribution in [0.5, 0.6) is 0 Å². The second-order valence-electron chi connectivity index (χ2n) is 4.95. The molecule has 1 aliphatic heterocycles. The zero-order valence-electron chi connectivity index (χ0n) is 11.1. The van der Waals surface area contributed by atoms with E-state index in [2.05, 4.69) is 14.7 Å². The van der Waals surface area contributed by atoms with Crippen LogP contribution < -0.4 is 10.5 Å². The van der Waals surface area contributed by atoms with Gasteiger partial charge in [-0.2, -0.15) is 5.10 Å². The summed E-state index contributed by atoms with van der Waals surface area (Å²) in [6.07, 6.45) is 4.77. The lowest BCUT2D eigenvalue weighted by molar-refractivity contribution is 0.242. The molecule has 0 saturated carbocycles. The molecule has 19 heavy (non-hydrogen) atoms. The largest absolute Gasteiger partial charge is 0.329 e. The molecule has 1 fully saturated rings. The van der Waals surface area contributed by atoms with Crippen LogP contribution in [0, 0.1) is 0 Å². The summed E-state index contributed by atoms with van der Waals surface area (Å²) >= 11 is 0. The molecule has 1 unspecified atom stereocenters. The molecule has 8 heteroatoms. The summed E-state index contributed by atoms with van der Waals surface area (Å²) in [6, 6.07) is -0.0263. The summed E-state index contributed by atoms with van der Waals surface area (Å²) in [5.41, 5.74) is 5.41. The van der Waals surface area contributed by atoms with Crippen molar-refractivity contribution in [3.8, 4) is 0 Å². The number of aromatic nitrogens is 2. The summed E-state index contributed by atoms with van der Waals surface area (Å²) in [5, 5.41) is 3.99. The Hall–Kier alpha value is -0.960. The fourth-order valence-corrected chi connectivity index (χ4v) is 3.50. The van der Waals surface area contributed by atoms with Crippen LogP contribution in [0.2, 0.25) is 0 Å². The number of nitrogens with zero attached hydrogens (tertiary/aromatic N) is 3. The van der Waals surface area contributed by atoms with E-state index in [0.717, 1.165) is 25.9 Å². The van der Waals surface area contributed by atoms with Gasteiger partial charge in [-0.15, -0.1) is 0 Å². The van der Waals surface area contributed by atoms with Gasteiger partial charge in [0.2, 0.25) is 10.0 Å². The van der Waals surface area contributed by atoms with Crippen molar-refractivity contribution in [2.75, 3.05) is 26.7 Å². The summed E-state index contributed by atoms with van der Waals surface area (Å²) in [7, 11) is -1.48. The number of hydrogen-bond donors (Lipinski definition) is 2. The normalized spacial score (nSPS) is 21.7. The van der Waals surface area contributed by atoms with Gasteiger partial charge in [0.05, 0.1) is 12.7 Å². The minimum absolute atomic E-state index is 0.0263. The van der Waals surface area contributed by atoms with Crippen molar-refractivity contribution in [2.24, 2.45) is 5.73 Å². The molecule has 0 aliphatic carbocycles. The Morgan fingerprint density at radius 3 is 3.05 bits per heavy atom. The van der Waals surface area contributed by atoms with Crippen molar-refractivity contribution in [1.29, 1.82) is 0 Å². The molecule has 1 aliphatic rings. The van der Waals surface area contributed by atoms with Gasteiger partial charge in [-0.25, -0.2) is 13.1 Å². The quantitative estimate of drug-likeness (QED) is 0.740. The summed E-state index contributed by atoms with van der Waals surface area (Å²) in [4.78, 5) is 2.34. The lowest BCUT2D eigenvalue weighted by Gasteiger charge is -2.29. The number of hydrogen-bond acceptors (Lipinski definition) is 5. The fraction of sp³-hybridized carbons (Fsp3) is 0.727. The highest BCUT2D eigenvalue weighted by Crippen LogP contribution is 2.13. The van der Waals surface area contributed by atoms with Crippen molar-refractivity contribution in [3.05, 3.63) is 12.4 Å². The van der Waals surface area contributed by atoms with Gasteiger partial charge in [0, 0.05) is 25.3 Å². The topological polar surface area (TPSA) is 93.2 Å². The van der Waals surface area contributed by atoms with Crippen LogP contribution in [0.1, 0.15) is 12.8 Å². The van der Waals surface area contributed by atoms with Gasteiger partial charge in [0.25, 0.3) is 0 Å². The van der Waals surface area contributed by atoms with Crippen LogP contribution in [-0.4, -0.2) is 55.8 Å². The molecule has 1 saturated heterocycles. The third kappa shape index (κ3) is 3.75. The van der Waals surface area contributed by atoms with Crippen LogP contribution in [0.3, 0.4) is 0 Å². The van der Waals surface area contributed by atoms with E-state index in [9.17, 15) is 8.42 Å². The number of sulfonamides is 1. The van der Waals surface area contributed by atoms with Crippen molar-refractivity contribution in [1.82, 2.24) is 19.4 Å². The maximum absolute atomic E-state index is 12.2. The van der Waals surface area contributed by atoms with E-state index >= 15 is 0 Å². The van der Waals surface area contributed by atoms with E-state index < -0.39 is 10.0 Å². The van der Waals surface area contributed by atoms with Gasteiger partial charge < -0.3 is 10.6 Å². The number of rotatable bonds is 5. The zero-order chi connectivity index (χ0) is 13.9. The molecule has 0 spiro atoms. The SMILES string of the molecule is CN1CCCC(NS(=O)(=O)c2cnn(CCN)c2)C1. The van der Waals surface area contributed by atoms with E-state index in [1.54, 1.807) is 4.68 Å². The van der Waals surface area contributed by atoms with Gasteiger partial charge in [-0.3, -0.25) is 4.68 Å². The lowest BCUT2D eigenvalue weighted by Crippen LogP contribution is -2.46. The first-order chi connectivity index (χ1) is 9.01. The number of likely N-dealkylation sites (tertiary alicyclic amines) is 1. The van der Waals surface area contributed by atoms with Crippen LogP contribution in [0.15, 0.2) is 17.3 Å². The maximum atomic E-state index is 12.2. The molecule has 1 atom stereocenters. The number of likely N-dealkylation sites (N-methyl/N-ethyl adjacent to an activating group) is 1. The highest BCUT2D eigenvalue weighted by atomic mass is 32.2. The molecule has 0 amide bonds. The van der Waals surface area contributed by atoms with E-state index in [1.165, 1.54) is 12.4 Å². The monoisotopic (exact) mass is 287 g/mol. The van der Waals surface area contributed by atoms with Crippen molar-refractivity contribution in [3.63, 3.8) is 0 Å². The Kier molecular flexibility index (Phi) is 4.56. The van der Waals surface area contributed by atoms with Crippen LogP contribution in [-0.2, 0) is 16.6 Å². The minimum atomic E-state index is -3.48. The van der Waals surface area contributed by atoms with E-state index in [-0.39, 0.29) is 10.9 Å². The second-order valence-corrected chi connectivity index (χ2v) is 6.66. The van der Waals surface area contributed by atoms with Gasteiger partial charge >= 0.3 is 0 Å². The van der Waals surface area contributed by atoms with Crippen LogP contribution in [0.25, 0.3) is 0 Å². The number of piperidine rings is 1. The molecule has 7 nitrogen and oxygen atoms in total. The predicted octanol–water partition coefficient (Wildman–Crippen LogP) is -0.786. The van der Waals surface area contributed by atoms with Crippen LogP contribution in [0.4, 0.5) is 0 Å². The van der Waals surface area contributed by atoms with Crippen molar-refractivity contribution >= 4 is 10.0 Å². The van der Waals surface area contributed by atoms with Gasteiger partial charge in [0.15, 0.2) is 0 Å². The van der Waals surface area contributed by atoms with E-state index in [4.69, 9.17) is 5.73 Å². The minimum Gasteiger partial charge on any atom is -0.329 e. The Balaban J connectivity index is 2.04. The average molecular weight is 287 g/mol. The Labute approximate surface area is 113 Å². The highest BCUT2D eigenvalue weighted by molar-refractivity contribution is 7.89. The third-order valence-electron chi connectivity index (χ3n) is 3.22. The first kappa shape index (κ1) is 14.4. The molecule has 2 rings (SSSR count). The predicted molar refractivity (Wildman–Crippen MR) is 72.1 cm³/mol. The Morgan fingerprint density at radius 2 is 2.37 bits per heavy atom. The standard InChI is InChI=1S/C11H21N5O2S/c1-15-5-2-3-10(8-15)14-19(17,18)11-7-13-16(9-11)6-4-12/h7,9-10,14H,2-6,8,12H2,1H3. The molecule has 0 aromatic carbocycles. The smallest absolute Gasteiger partial charge is 0.243 e. The summed E-state index contributed by atoms with van der Waals surface area (Å²) < 4.78 is 28.7. The van der Waals surface area contributed by atoms with E-state index in [1.807, 2.05) is 7.05 Å². The third-order valence-corrected chi connectivity index (χ3v) is 4.70. The highest BCUT2D eigenvalue weighted by Gasteiger charge is 2.24. The van der Waals surface area contributed by atoms with Gasteiger partial charge in [0.1, 0.15) is 4.90 Å². The lowest BCUT2D eigenvalue weighted by atomic mass is 10.1. The average Bonchev–Trinajstić information content (AvgIpc) is 2.78. The summed E-state index contributed by atoms with van der Waals surface area (Å²) in [5.74, 6) is 0. The van der Waals surface area contributed by atoms with Gasteiger partial charge in [-0.1, -0.05) is 0 Å². The molecular weight excluding hydrogens is 266 g/mol. The molecule has 0 bridgehead atoms. The molecule has 0 radical (unpaired) electrons. The van der Waals surface area contributed by atoms with Gasteiger partial charge in [-0.05, 0) is 26.4 Å². The number of nitrogens with two attached hydrogens (primary N) is 1. The second kappa shape index (κ2) is 6.00. The Morgan fingerprint density at radius 1 is 1.58 bits per heavy atom. The van der Waals surface area contributed by atoms with Crippen LogP contribution >= 0.6 is 0 Å². The molecule has 1 aromatic rings. The fourth-order valence-electron chi connectivity index (χ4n) is 2.29. The molecule has 108 valence electrons. The first-order valence-corrected chi connectivity index (χ1v) is 7.93. The van der Waals surface area contributed by atoms with E-state index in [0.29, 0.717) is 13.1 Å². The number of nitrogens with one attached hydrogen (secondary N) is 1. The summed E-state index contributed by atoms with van der Waals surface area (Å²) in [6.45, 7) is 2.71. The maximum Gasteiger partial charge on any atom is 0.243 e. The molecular formula is C11H21N5O2S. The molecule has 3 N–H and O–H groups in total. The zero-order valence-corrected chi connectivity index (χ0v) is 11.9. The molecule has 1 aromatic heterocycles. The van der Waals surface area contributed by atoms with Crippen molar-refractivity contribution in [2.45, 2.75) is 30.3 Å². The Bertz CT molecular complexity index is 513.